The van der Waals surface area contributed by atoms with Crippen molar-refractivity contribution >= 4 is 17.1 Å². The van der Waals surface area contributed by atoms with Crippen LogP contribution in [0.2, 0.25) is 0 Å². The standard InChI is InChI=1S/C26H32F5N3O2S/c1-25(29,30)16-36-24-33-19-6-12-34(13-7-21(19)37-24)14-10-26(31)8-4-17(5-9-26)15-20(35)18-3-2-11-32-22(18)23(27)28/h2-3,11,17,23H,4-10,12-16H2,1H3. The highest BCUT2D eigenvalue weighted by Gasteiger charge is 2.36. The predicted molar refractivity (Wildman–Crippen MR) is 131 cm³/mol. The smallest absolute Gasteiger partial charge is 0.281 e. The van der Waals surface area contributed by atoms with E-state index < -0.39 is 30.3 Å². The first-order chi connectivity index (χ1) is 17.5. The Hall–Kier alpha value is -2.14. The van der Waals surface area contributed by atoms with Crippen LogP contribution in [0.4, 0.5) is 22.0 Å². The maximum Gasteiger partial charge on any atom is 0.281 e. The van der Waals surface area contributed by atoms with Crippen molar-refractivity contribution in [2.75, 3.05) is 26.2 Å². The first-order valence-corrected chi connectivity index (χ1v) is 13.5. The first-order valence-electron chi connectivity index (χ1n) is 12.7. The Morgan fingerprint density at radius 1 is 1.27 bits per heavy atom. The summed E-state index contributed by atoms with van der Waals surface area (Å²) in [6.07, 6.45) is 2.15. The minimum atomic E-state index is -2.91. The van der Waals surface area contributed by atoms with Crippen LogP contribution in [0.1, 0.15) is 78.5 Å². The van der Waals surface area contributed by atoms with Gasteiger partial charge in [-0.1, -0.05) is 11.3 Å². The molecule has 5 nitrogen and oxygen atoms in total. The highest BCUT2D eigenvalue weighted by Crippen LogP contribution is 2.40. The van der Waals surface area contributed by atoms with Crippen molar-refractivity contribution in [2.45, 2.75) is 76.3 Å². The van der Waals surface area contributed by atoms with Crippen molar-refractivity contribution in [3.63, 3.8) is 0 Å². The lowest BCUT2D eigenvalue weighted by atomic mass is 9.76. The monoisotopic (exact) mass is 545 g/mol. The number of carbonyl (C=O) groups excluding carboxylic acids is 1. The van der Waals surface area contributed by atoms with E-state index in [1.165, 1.54) is 29.7 Å². The third kappa shape index (κ3) is 7.69. The van der Waals surface area contributed by atoms with E-state index in [2.05, 4.69) is 14.9 Å². The number of alkyl halides is 5. The topological polar surface area (TPSA) is 55.3 Å². The molecule has 0 saturated heterocycles. The van der Waals surface area contributed by atoms with Gasteiger partial charge in [0.2, 0.25) is 0 Å². The largest absolute Gasteiger partial charge is 0.464 e. The summed E-state index contributed by atoms with van der Waals surface area (Å²) in [7, 11) is 0. The van der Waals surface area contributed by atoms with Crippen LogP contribution in [-0.4, -0.2) is 58.5 Å². The fraction of sp³-hybridized carbons (Fsp3) is 0.654. The molecule has 3 heterocycles. The molecular formula is C26H32F5N3O2S. The second kappa shape index (κ2) is 11.7. The van der Waals surface area contributed by atoms with Crippen LogP contribution in [0.25, 0.3) is 0 Å². The number of hydrogen-bond acceptors (Lipinski definition) is 6. The molecule has 4 rings (SSSR count). The molecule has 0 unspecified atom stereocenters. The fourth-order valence-corrected chi connectivity index (χ4v) is 6.01. The quantitative estimate of drug-likeness (QED) is 0.253. The summed E-state index contributed by atoms with van der Waals surface area (Å²) in [5.41, 5.74) is -0.966. The Kier molecular flexibility index (Phi) is 8.83. The SMILES string of the molecule is CC(F)(F)COc1nc2c(s1)CCN(CCC1(F)CCC(CC(=O)c3cccnc3C(F)F)CC1)CC2. The van der Waals surface area contributed by atoms with Gasteiger partial charge in [-0.3, -0.25) is 9.78 Å². The van der Waals surface area contributed by atoms with E-state index in [4.69, 9.17) is 4.74 Å². The van der Waals surface area contributed by atoms with E-state index in [0.29, 0.717) is 51.6 Å². The average Bonchev–Trinajstić information content (AvgIpc) is 3.15. The minimum absolute atomic E-state index is 0.0218. The van der Waals surface area contributed by atoms with Gasteiger partial charge in [-0.2, -0.15) is 0 Å². The molecule has 2 aromatic heterocycles. The van der Waals surface area contributed by atoms with Gasteiger partial charge < -0.3 is 9.64 Å². The Morgan fingerprint density at radius 2 is 2.00 bits per heavy atom. The van der Waals surface area contributed by atoms with Gasteiger partial charge in [0.05, 0.1) is 5.69 Å². The number of carbonyl (C=O) groups is 1. The number of thiazole rings is 1. The van der Waals surface area contributed by atoms with Crippen molar-refractivity contribution in [3.8, 4) is 5.19 Å². The highest BCUT2D eigenvalue weighted by molar-refractivity contribution is 7.13. The van der Waals surface area contributed by atoms with Gasteiger partial charge >= 0.3 is 0 Å². The number of ether oxygens (including phenoxy) is 1. The zero-order chi connectivity index (χ0) is 26.6. The number of aromatic nitrogens is 2. The van der Waals surface area contributed by atoms with Gasteiger partial charge in [-0.05, 0) is 56.6 Å². The lowest BCUT2D eigenvalue weighted by Gasteiger charge is -2.35. The van der Waals surface area contributed by atoms with Crippen molar-refractivity contribution in [2.24, 2.45) is 5.92 Å². The molecule has 0 amide bonds. The van der Waals surface area contributed by atoms with E-state index in [-0.39, 0.29) is 28.9 Å². The molecule has 0 N–H and O–H groups in total. The van der Waals surface area contributed by atoms with Crippen LogP contribution in [0, 0.1) is 5.92 Å². The highest BCUT2D eigenvalue weighted by atomic mass is 32.1. The van der Waals surface area contributed by atoms with E-state index in [0.717, 1.165) is 30.5 Å². The molecule has 0 spiro atoms. The van der Waals surface area contributed by atoms with Crippen molar-refractivity contribution in [1.29, 1.82) is 0 Å². The summed E-state index contributed by atoms with van der Waals surface area (Å²) < 4.78 is 73.1. The zero-order valence-corrected chi connectivity index (χ0v) is 21.6. The molecule has 1 aliphatic heterocycles. The molecule has 1 saturated carbocycles. The Morgan fingerprint density at radius 3 is 2.70 bits per heavy atom. The summed E-state index contributed by atoms with van der Waals surface area (Å²) in [4.78, 5) is 23.9. The third-order valence-electron chi connectivity index (χ3n) is 7.22. The Balaban J connectivity index is 1.21. The molecule has 2 aliphatic rings. The maximum absolute atomic E-state index is 15.6. The first kappa shape index (κ1) is 27.9. The minimum Gasteiger partial charge on any atom is -0.464 e. The number of nitrogens with zero attached hydrogens (tertiary/aromatic N) is 3. The molecular weight excluding hydrogens is 513 g/mol. The van der Waals surface area contributed by atoms with E-state index in [9.17, 15) is 22.4 Å². The fourth-order valence-electron chi connectivity index (χ4n) is 5.07. The maximum atomic E-state index is 15.6. The molecule has 0 radical (unpaired) electrons. The summed E-state index contributed by atoms with van der Waals surface area (Å²) >= 11 is 1.30. The lowest BCUT2D eigenvalue weighted by molar-refractivity contribution is -0.0230. The van der Waals surface area contributed by atoms with Gasteiger partial charge in [0.1, 0.15) is 11.4 Å². The van der Waals surface area contributed by atoms with E-state index >= 15 is 4.39 Å². The van der Waals surface area contributed by atoms with Crippen molar-refractivity contribution in [3.05, 3.63) is 40.2 Å². The molecule has 0 bridgehead atoms. The van der Waals surface area contributed by atoms with Crippen LogP contribution < -0.4 is 4.74 Å². The molecule has 0 atom stereocenters. The Bertz CT molecular complexity index is 1040. The average molecular weight is 546 g/mol. The molecule has 0 aromatic carbocycles. The number of pyridine rings is 1. The van der Waals surface area contributed by atoms with E-state index in [1.807, 2.05) is 0 Å². The molecule has 37 heavy (non-hydrogen) atoms. The van der Waals surface area contributed by atoms with Crippen LogP contribution in [0.15, 0.2) is 18.3 Å². The summed E-state index contributed by atoms with van der Waals surface area (Å²) in [6, 6.07) is 2.86. The normalized spacial score (nSPS) is 23.1. The van der Waals surface area contributed by atoms with Gasteiger partial charge in [0, 0.05) is 56.0 Å². The van der Waals surface area contributed by atoms with E-state index in [1.54, 1.807) is 0 Å². The molecule has 1 aliphatic carbocycles. The molecule has 204 valence electrons. The molecule has 11 heteroatoms. The lowest BCUT2D eigenvalue weighted by Crippen LogP contribution is -2.36. The number of halogens is 5. The second-order valence-corrected chi connectivity index (χ2v) is 11.3. The second-order valence-electron chi connectivity index (χ2n) is 10.3. The summed E-state index contributed by atoms with van der Waals surface area (Å²) in [5.74, 6) is -3.29. The number of rotatable bonds is 10. The Labute approximate surface area is 217 Å². The summed E-state index contributed by atoms with van der Waals surface area (Å²) in [5, 5.41) is 0.270. The van der Waals surface area contributed by atoms with Gasteiger partial charge in [-0.15, -0.1) is 0 Å². The summed E-state index contributed by atoms with van der Waals surface area (Å²) in [6.45, 7) is 2.17. The van der Waals surface area contributed by atoms with Crippen LogP contribution >= 0.6 is 11.3 Å². The van der Waals surface area contributed by atoms with Gasteiger partial charge in [0.15, 0.2) is 12.4 Å². The van der Waals surface area contributed by atoms with Crippen molar-refractivity contribution in [1.82, 2.24) is 14.9 Å². The molecule has 2 aromatic rings. The zero-order valence-electron chi connectivity index (χ0n) is 20.8. The van der Waals surface area contributed by atoms with Crippen molar-refractivity contribution < 1.29 is 31.5 Å². The van der Waals surface area contributed by atoms with Crippen LogP contribution in [0.3, 0.4) is 0 Å². The van der Waals surface area contributed by atoms with Crippen LogP contribution in [-0.2, 0) is 12.8 Å². The number of hydrogen-bond donors (Lipinski definition) is 0. The number of ketones is 1. The number of fused-ring (bicyclic) bond motifs is 1. The predicted octanol–water partition coefficient (Wildman–Crippen LogP) is 6.47. The van der Waals surface area contributed by atoms with Crippen LogP contribution in [0.5, 0.6) is 5.19 Å². The van der Waals surface area contributed by atoms with Gasteiger partial charge in [0.25, 0.3) is 17.5 Å². The third-order valence-corrected chi connectivity index (χ3v) is 8.29. The number of Topliss-reactive ketones (excluding diaryl/α,β-unsaturated/α-hetero) is 1. The van der Waals surface area contributed by atoms with Gasteiger partial charge in [-0.25, -0.2) is 26.9 Å². The molecule has 1 fully saturated rings.